The van der Waals surface area contributed by atoms with Crippen LogP contribution in [-0.2, 0) is 6.42 Å². The minimum atomic E-state index is 0.481. The zero-order valence-electron chi connectivity index (χ0n) is 15.9. The Morgan fingerprint density at radius 2 is 1.93 bits per heavy atom. The highest BCUT2D eigenvalue weighted by atomic mass is 15.2. The van der Waals surface area contributed by atoms with Crippen molar-refractivity contribution >= 4 is 29.6 Å². The highest BCUT2D eigenvalue weighted by molar-refractivity contribution is 5.70. The van der Waals surface area contributed by atoms with Gasteiger partial charge in [0.05, 0.1) is 0 Å². The summed E-state index contributed by atoms with van der Waals surface area (Å²) in [7, 11) is 4.05. The van der Waals surface area contributed by atoms with Crippen LogP contribution >= 0.6 is 0 Å². The Morgan fingerprint density at radius 3 is 2.59 bits per heavy atom. The van der Waals surface area contributed by atoms with Gasteiger partial charge in [-0.2, -0.15) is 5.10 Å². The van der Waals surface area contributed by atoms with Crippen molar-refractivity contribution in [3.63, 3.8) is 0 Å². The summed E-state index contributed by atoms with van der Waals surface area (Å²) in [5.74, 6) is 2.42. The predicted molar refractivity (Wildman–Crippen MR) is 111 cm³/mol. The van der Waals surface area contributed by atoms with E-state index in [0.717, 1.165) is 29.8 Å². The van der Waals surface area contributed by atoms with Crippen molar-refractivity contribution in [3.05, 3.63) is 59.0 Å². The molecule has 0 aliphatic heterocycles. The van der Waals surface area contributed by atoms with E-state index in [0.29, 0.717) is 23.3 Å². The van der Waals surface area contributed by atoms with Crippen LogP contribution in [0.3, 0.4) is 0 Å². The maximum Gasteiger partial charge on any atom is 0.156 e. The second kappa shape index (κ2) is 8.46. The molecule has 0 unspecified atom stereocenters. The topological polar surface area (TPSA) is 95.8 Å². The van der Waals surface area contributed by atoms with Crippen LogP contribution in [0.15, 0.2) is 36.4 Å². The molecule has 0 atom stereocenters. The number of rotatable bonds is 7. The van der Waals surface area contributed by atoms with E-state index in [2.05, 4.69) is 30.4 Å². The van der Waals surface area contributed by atoms with Gasteiger partial charge in [0.15, 0.2) is 11.6 Å². The molecule has 0 spiro atoms. The molecule has 0 bridgehead atoms. The highest BCUT2D eigenvalue weighted by Gasteiger charge is 2.13. The van der Waals surface area contributed by atoms with E-state index in [4.69, 9.17) is 5.73 Å². The van der Waals surface area contributed by atoms with Gasteiger partial charge >= 0.3 is 0 Å². The average Bonchev–Trinajstić information content (AvgIpc) is 3.04. The first kappa shape index (κ1) is 18.6. The van der Waals surface area contributed by atoms with Gasteiger partial charge in [-0.05, 0) is 39.1 Å². The third kappa shape index (κ3) is 5.15. The third-order valence-corrected chi connectivity index (χ3v) is 4.04. The predicted octanol–water partition coefficient (Wildman–Crippen LogP) is 3.11. The van der Waals surface area contributed by atoms with Gasteiger partial charge in [-0.1, -0.05) is 36.4 Å². The van der Waals surface area contributed by atoms with Crippen LogP contribution in [0.25, 0.3) is 12.2 Å². The van der Waals surface area contributed by atoms with E-state index in [1.165, 1.54) is 0 Å². The number of nitrogens with one attached hydrogen (secondary N) is 2. The normalized spacial score (nSPS) is 11.4. The molecule has 0 aliphatic carbocycles. The summed E-state index contributed by atoms with van der Waals surface area (Å²) in [6, 6.07) is 11.9. The van der Waals surface area contributed by atoms with Gasteiger partial charge in [-0.25, -0.2) is 9.97 Å². The summed E-state index contributed by atoms with van der Waals surface area (Å²) in [5.41, 5.74) is 9.20. The maximum atomic E-state index is 6.26. The Labute approximate surface area is 159 Å². The molecule has 2 aromatic heterocycles. The van der Waals surface area contributed by atoms with Gasteiger partial charge in [0.1, 0.15) is 11.6 Å². The zero-order valence-corrected chi connectivity index (χ0v) is 15.9. The number of hydrogen-bond acceptors (Lipinski definition) is 6. The molecule has 27 heavy (non-hydrogen) atoms. The molecule has 0 fully saturated rings. The first-order valence-electron chi connectivity index (χ1n) is 8.84. The van der Waals surface area contributed by atoms with Gasteiger partial charge in [-0.3, -0.25) is 5.10 Å². The molecule has 2 heterocycles. The second-order valence-electron chi connectivity index (χ2n) is 6.65. The van der Waals surface area contributed by atoms with Crippen molar-refractivity contribution < 1.29 is 0 Å². The molecule has 140 valence electrons. The molecule has 7 heteroatoms. The maximum absolute atomic E-state index is 6.26. The highest BCUT2D eigenvalue weighted by Crippen LogP contribution is 2.24. The van der Waals surface area contributed by atoms with Gasteiger partial charge in [0, 0.05) is 23.9 Å². The van der Waals surface area contributed by atoms with Crippen molar-refractivity contribution in [2.45, 2.75) is 13.3 Å². The quantitative estimate of drug-likeness (QED) is 0.597. The summed E-state index contributed by atoms with van der Waals surface area (Å²) < 4.78 is 0. The molecule has 3 aromatic rings. The van der Waals surface area contributed by atoms with Crippen molar-refractivity contribution in [1.82, 2.24) is 25.1 Å². The number of hydrogen-bond donors (Lipinski definition) is 3. The molecule has 0 saturated heterocycles. The Bertz CT molecular complexity index is 913. The van der Waals surface area contributed by atoms with Crippen molar-refractivity contribution in [2.75, 3.05) is 31.7 Å². The van der Waals surface area contributed by atoms with E-state index in [9.17, 15) is 0 Å². The summed E-state index contributed by atoms with van der Waals surface area (Å²) in [5, 5.41) is 10.4. The van der Waals surface area contributed by atoms with Crippen LogP contribution < -0.4 is 11.1 Å². The van der Waals surface area contributed by atoms with E-state index in [1.54, 1.807) is 0 Å². The fourth-order valence-corrected chi connectivity index (χ4v) is 2.62. The fourth-order valence-electron chi connectivity index (χ4n) is 2.62. The standard InChI is InChI=1S/C20H25N7/c1-14-13-18(26-25-14)24-20-16(11-12-27(2)3)19(21)22-17(23-20)10-9-15-7-5-4-6-8-15/h4-10,13H,11-12H2,1-3H3,(H4,21,22,23,24,25,26). The number of aryl methyl sites for hydroxylation is 1. The molecule has 0 aliphatic rings. The van der Waals surface area contributed by atoms with E-state index in [1.807, 2.05) is 69.6 Å². The minimum Gasteiger partial charge on any atom is -0.383 e. The van der Waals surface area contributed by atoms with Gasteiger partial charge < -0.3 is 16.0 Å². The lowest BCUT2D eigenvalue weighted by molar-refractivity contribution is 0.414. The van der Waals surface area contributed by atoms with Crippen molar-refractivity contribution in [2.24, 2.45) is 0 Å². The van der Waals surface area contributed by atoms with Crippen molar-refractivity contribution in [1.29, 1.82) is 0 Å². The Kier molecular flexibility index (Phi) is 5.83. The largest absolute Gasteiger partial charge is 0.383 e. The molecule has 3 rings (SSSR count). The van der Waals surface area contributed by atoms with Crippen LogP contribution in [0, 0.1) is 6.92 Å². The first-order chi connectivity index (χ1) is 13.0. The summed E-state index contributed by atoms with van der Waals surface area (Å²) in [6.07, 6.45) is 4.58. The lowest BCUT2D eigenvalue weighted by atomic mass is 10.1. The zero-order chi connectivity index (χ0) is 19.2. The molecule has 4 N–H and O–H groups in total. The van der Waals surface area contributed by atoms with E-state index < -0.39 is 0 Å². The van der Waals surface area contributed by atoms with E-state index >= 15 is 0 Å². The number of nitrogens with zero attached hydrogens (tertiary/aromatic N) is 4. The monoisotopic (exact) mass is 363 g/mol. The molecule has 1 aromatic carbocycles. The summed E-state index contributed by atoms with van der Waals surface area (Å²) in [6.45, 7) is 2.80. The van der Waals surface area contributed by atoms with Crippen LogP contribution in [-0.4, -0.2) is 45.7 Å². The van der Waals surface area contributed by atoms with E-state index in [-0.39, 0.29) is 0 Å². The summed E-state index contributed by atoms with van der Waals surface area (Å²) in [4.78, 5) is 11.2. The van der Waals surface area contributed by atoms with Gasteiger partial charge in [0.2, 0.25) is 0 Å². The Morgan fingerprint density at radius 1 is 1.15 bits per heavy atom. The lowest BCUT2D eigenvalue weighted by Gasteiger charge is -2.15. The smallest absolute Gasteiger partial charge is 0.156 e. The van der Waals surface area contributed by atoms with Crippen molar-refractivity contribution in [3.8, 4) is 0 Å². The number of likely N-dealkylation sites (N-methyl/N-ethyl adjacent to an activating group) is 1. The van der Waals surface area contributed by atoms with Gasteiger partial charge in [0.25, 0.3) is 0 Å². The third-order valence-electron chi connectivity index (χ3n) is 4.04. The number of anilines is 3. The molecule has 7 nitrogen and oxygen atoms in total. The number of H-pyrrole nitrogens is 1. The number of aromatic nitrogens is 4. The Balaban J connectivity index is 1.92. The SMILES string of the molecule is Cc1cc(Nc2nc(C=Cc3ccccc3)nc(N)c2CCN(C)C)n[nH]1. The fraction of sp³-hybridized carbons (Fsp3) is 0.250. The number of nitrogen functional groups attached to an aromatic ring is 1. The number of aromatic amines is 1. The molecule has 0 saturated carbocycles. The van der Waals surface area contributed by atoms with Crippen LogP contribution in [0.2, 0.25) is 0 Å². The molecular formula is C20H25N7. The molecule has 0 amide bonds. The van der Waals surface area contributed by atoms with Crippen LogP contribution in [0.5, 0.6) is 0 Å². The summed E-state index contributed by atoms with van der Waals surface area (Å²) >= 11 is 0. The Hall–Kier alpha value is -3.19. The van der Waals surface area contributed by atoms with Gasteiger partial charge in [-0.15, -0.1) is 0 Å². The molecule has 0 radical (unpaired) electrons. The number of benzene rings is 1. The minimum absolute atomic E-state index is 0.481. The van der Waals surface area contributed by atoms with Crippen LogP contribution in [0.4, 0.5) is 17.5 Å². The first-order valence-corrected chi connectivity index (χ1v) is 8.84. The average molecular weight is 363 g/mol. The lowest BCUT2D eigenvalue weighted by Crippen LogP contribution is -2.17. The molecular weight excluding hydrogens is 338 g/mol. The number of nitrogens with two attached hydrogens (primary N) is 1. The second-order valence-corrected chi connectivity index (χ2v) is 6.65. The van der Waals surface area contributed by atoms with Crippen LogP contribution in [0.1, 0.15) is 22.6 Å².